The van der Waals surface area contributed by atoms with Gasteiger partial charge in [0.25, 0.3) is 5.89 Å². The van der Waals surface area contributed by atoms with Crippen LogP contribution in [0.2, 0.25) is 0 Å². The van der Waals surface area contributed by atoms with Crippen molar-refractivity contribution in [3.63, 3.8) is 0 Å². The molecule has 0 bridgehead atoms. The fourth-order valence-corrected chi connectivity index (χ4v) is 1.47. The van der Waals surface area contributed by atoms with Crippen molar-refractivity contribution in [3.8, 4) is 11.5 Å². The zero-order valence-corrected chi connectivity index (χ0v) is 9.78. The van der Waals surface area contributed by atoms with Crippen LogP contribution >= 0.6 is 22.6 Å². The van der Waals surface area contributed by atoms with Crippen LogP contribution in [0.3, 0.4) is 0 Å². The molecule has 0 aliphatic rings. The maximum Gasteiger partial charge on any atom is 0.416 e. The fraction of sp³-hybridized carbons (Fsp3) is 0.111. The van der Waals surface area contributed by atoms with E-state index in [1.807, 2.05) is 22.6 Å². The molecule has 0 aliphatic heterocycles. The Labute approximate surface area is 102 Å². The van der Waals surface area contributed by atoms with Gasteiger partial charge in [0.1, 0.15) is 0 Å². The minimum Gasteiger partial charge on any atom is -0.333 e. The smallest absolute Gasteiger partial charge is 0.333 e. The van der Waals surface area contributed by atoms with E-state index in [-0.39, 0.29) is 11.5 Å². The van der Waals surface area contributed by atoms with E-state index >= 15 is 0 Å². The second-order valence-corrected chi connectivity index (χ2v) is 3.91. The molecule has 2 aromatic rings. The molecular formula is C9H4F3IN2O. The van der Waals surface area contributed by atoms with Gasteiger partial charge >= 0.3 is 6.18 Å². The van der Waals surface area contributed by atoms with Crippen LogP contribution in [0.1, 0.15) is 5.56 Å². The van der Waals surface area contributed by atoms with Crippen molar-refractivity contribution in [1.82, 2.24) is 10.1 Å². The van der Waals surface area contributed by atoms with Crippen molar-refractivity contribution in [2.75, 3.05) is 0 Å². The van der Waals surface area contributed by atoms with Crippen LogP contribution in [0.15, 0.2) is 28.8 Å². The summed E-state index contributed by atoms with van der Waals surface area (Å²) < 4.78 is 42.4. The number of rotatable bonds is 1. The summed E-state index contributed by atoms with van der Waals surface area (Å²) >= 11 is 1.81. The number of hydrogen-bond donors (Lipinski definition) is 0. The summed E-state index contributed by atoms with van der Waals surface area (Å²) in [4.78, 5) is 3.85. The Balaban J connectivity index is 2.44. The summed E-state index contributed by atoms with van der Waals surface area (Å²) in [5, 5.41) is 3.50. The summed E-state index contributed by atoms with van der Waals surface area (Å²) in [6, 6.07) is 4.75. The molecule has 0 saturated carbocycles. The van der Waals surface area contributed by atoms with Crippen molar-refractivity contribution in [2.45, 2.75) is 6.18 Å². The lowest BCUT2D eigenvalue weighted by Gasteiger charge is -2.06. The van der Waals surface area contributed by atoms with Gasteiger partial charge < -0.3 is 4.52 Å². The highest BCUT2D eigenvalue weighted by Gasteiger charge is 2.30. The molecule has 84 valence electrons. The van der Waals surface area contributed by atoms with Gasteiger partial charge in [0, 0.05) is 28.2 Å². The molecule has 0 spiro atoms. The maximum absolute atomic E-state index is 12.4. The van der Waals surface area contributed by atoms with Crippen LogP contribution in [0.5, 0.6) is 0 Å². The van der Waals surface area contributed by atoms with E-state index in [1.54, 1.807) is 0 Å². The van der Waals surface area contributed by atoms with Crippen LogP contribution < -0.4 is 0 Å². The average Bonchev–Trinajstić information content (AvgIpc) is 2.64. The molecular weight excluding hydrogens is 336 g/mol. The number of nitrogens with zero attached hydrogens (tertiary/aromatic N) is 2. The Morgan fingerprint density at radius 2 is 2.00 bits per heavy atom. The van der Waals surface area contributed by atoms with Gasteiger partial charge in [-0.25, -0.2) is 0 Å². The van der Waals surface area contributed by atoms with Crippen LogP contribution in [0.25, 0.3) is 11.5 Å². The third kappa shape index (κ3) is 2.34. The van der Waals surface area contributed by atoms with E-state index in [2.05, 4.69) is 10.1 Å². The first-order valence-electron chi connectivity index (χ1n) is 4.13. The van der Waals surface area contributed by atoms with Crippen molar-refractivity contribution in [1.29, 1.82) is 0 Å². The number of alkyl halides is 3. The lowest BCUT2D eigenvalue weighted by atomic mass is 10.1. The SMILES string of the molecule is FC(F)(F)c1cccc(-c2nc(I)no2)c1. The van der Waals surface area contributed by atoms with Crippen molar-refractivity contribution in [3.05, 3.63) is 33.7 Å². The predicted octanol–water partition coefficient (Wildman–Crippen LogP) is 3.36. The highest BCUT2D eigenvalue weighted by atomic mass is 127. The molecule has 0 radical (unpaired) electrons. The topological polar surface area (TPSA) is 38.9 Å². The summed E-state index contributed by atoms with van der Waals surface area (Å²) in [6.07, 6.45) is -4.37. The largest absolute Gasteiger partial charge is 0.416 e. The molecule has 16 heavy (non-hydrogen) atoms. The van der Waals surface area contributed by atoms with Crippen molar-refractivity contribution < 1.29 is 17.7 Å². The maximum atomic E-state index is 12.4. The molecule has 0 saturated heterocycles. The highest BCUT2D eigenvalue weighted by molar-refractivity contribution is 14.1. The number of halogens is 4. The number of hydrogen-bond acceptors (Lipinski definition) is 3. The van der Waals surface area contributed by atoms with Crippen LogP contribution in [0.4, 0.5) is 13.2 Å². The van der Waals surface area contributed by atoms with Gasteiger partial charge in [-0.3, -0.25) is 0 Å². The van der Waals surface area contributed by atoms with E-state index in [0.717, 1.165) is 12.1 Å². The van der Waals surface area contributed by atoms with Gasteiger partial charge in [0.15, 0.2) is 0 Å². The standard InChI is InChI=1S/C9H4F3IN2O/c10-9(11,12)6-3-1-2-5(4-6)7-14-8(13)15-16-7/h1-4H. The predicted molar refractivity (Wildman–Crippen MR) is 57.5 cm³/mol. The van der Waals surface area contributed by atoms with Crippen molar-refractivity contribution >= 4 is 22.6 Å². The molecule has 3 nitrogen and oxygen atoms in total. The van der Waals surface area contributed by atoms with Gasteiger partial charge in [0.05, 0.1) is 5.56 Å². The Morgan fingerprint density at radius 3 is 2.56 bits per heavy atom. The average molecular weight is 340 g/mol. The zero-order chi connectivity index (χ0) is 11.8. The molecule has 0 unspecified atom stereocenters. The molecule has 0 N–H and O–H groups in total. The molecule has 2 rings (SSSR count). The highest BCUT2D eigenvalue weighted by Crippen LogP contribution is 2.31. The van der Waals surface area contributed by atoms with Gasteiger partial charge in [0.2, 0.25) is 3.83 Å². The molecule has 1 aromatic carbocycles. The molecule has 1 aromatic heterocycles. The Hall–Kier alpha value is -1.12. The Bertz CT molecular complexity index is 509. The Kier molecular flexibility index (Phi) is 2.87. The quantitative estimate of drug-likeness (QED) is 0.748. The minimum absolute atomic E-state index is 0.0792. The number of aromatic nitrogens is 2. The van der Waals surface area contributed by atoms with Gasteiger partial charge in [-0.05, 0) is 18.2 Å². The van der Waals surface area contributed by atoms with Crippen LogP contribution in [-0.2, 0) is 6.18 Å². The lowest BCUT2D eigenvalue weighted by molar-refractivity contribution is -0.137. The van der Waals surface area contributed by atoms with E-state index < -0.39 is 11.7 Å². The fourth-order valence-electron chi connectivity index (χ4n) is 1.15. The first-order chi connectivity index (χ1) is 7.47. The molecule has 0 aliphatic carbocycles. The number of benzene rings is 1. The van der Waals surface area contributed by atoms with Gasteiger partial charge in [-0.15, -0.1) is 0 Å². The second-order valence-electron chi connectivity index (χ2n) is 2.95. The first kappa shape index (κ1) is 11.4. The van der Waals surface area contributed by atoms with E-state index in [4.69, 9.17) is 4.52 Å². The molecule has 0 fully saturated rings. The Morgan fingerprint density at radius 1 is 1.25 bits per heavy atom. The molecule has 7 heteroatoms. The third-order valence-electron chi connectivity index (χ3n) is 1.84. The molecule has 0 amide bonds. The minimum atomic E-state index is -4.37. The van der Waals surface area contributed by atoms with Crippen LogP contribution in [0, 0.1) is 3.83 Å². The third-order valence-corrected chi connectivity index (χ3v) is 2.28. The first-order valence-corrected chi connectivity index (χ1v) is 5.21. The molecule has 0 atom stereocenters. The van der Waals surface area contributed by atoms with E-state index in [9.17, 15) is 13.2 Å². The normalized spacial score (nSPS) is 11.8. The summed E-state index contributed by atoms with van der Waals surface area (Å²) in [5.41, 5.74) is -0.483. The van der Waals surface area contributed by atoms with Gasteiger partial charge in [-0.1, -0.05) is 11.2 Å². The van der Waals surface area contributed by atoms with E-state index in [0.29, 0.717) is 3.83 Å². The monoisotopic (exact) mass is 340 g/mol. The second kappa shape index (κ2) is 4.04. The van der Waals surface area contributed by atoms with Gasteiger partial charge in [-0.2, -0.15) is 18.2 Å². The van der Waals surface area contributed by atoms with Crippen molar-refractivity contribution in [2.24, 2.45) is 0 Å². The summed E-state index contributed by atoms with van der Waals surface area (Å²) in [7, 11) is 0. The molecule has 1 heterocycles. The van der Waals surface area contributed by atoms with Crippen LogP contribution in [-0.4, -0.2) is 10.1 Å². The summed E-state index contributed by atoms with van der Waals surface area (Å²) in [5.74, 6) is 0.0792. The zero-order valence-electron chi connectivity index (χ0n) is 7.62. The summed E-state index contributed by atoms with van der Waals surface area (Å²) in [6.45, 7) is 0. The van der Waals surface area contributed by atoms with E-state index in [1.165, 1.54) is 12.1 Å². The lowest BCUT2D eigenvalue weighted by Crippen LogP contribution is -2.04.